The summed E-state index contributed by atoms with van der Waals surface area (Å²) in [4.78, 5) is 11.6. The number of ether oxygens (including phenoxy) is 1. The lowest BCUT2D eigenvalue weighted by atomic mass is 10.1. The Morgan fingerprint density at radius 3 is 2.46 bits per heavy atom. The van der Waals surface area contributed by atoms with E-state index < -0.39 is 5.60 Å². The third-order valence-electron chi connectivity index (χ3n) is 2.59. The van der Waals surface area contributed by atoms with Gasteiger partial charge in [0.2, 0.25) is 0 Å². The highest BCUT2D eigenvalue weighted by molar-refractivity contribution is 5.85. The van der Waals surface area contributed by atoms with Crippen LogP contribution in [0.5, 0.6) is 0 Å². The number of hydrogen-bond donors (Lipinski definition) is 2. The molecule has 76 valence electrons. The number of carbonyl (C=O) groups excluding carboxylic acids is 1. The van der Waals surface area contributed by atoms with Gasteiger partial charge in [0.05, 0.1) is 12.1 Å². The maximum Gasteiger partial charge on any atom is 0.252 e. The Bertz CT molecular complexity index is 209. The van der Waals surface area contributed by atoms with Crippen LogP contribution in [0.1, 0.15) is 26.7 Å². The van der Waals surface area contributed by atoms with E-state index in [0.29, 0.717) is 0 Å². The summed E-state index contributed by atoms with van der Waals surface area (Å²) < 4.78 is 5.02. The molecule has 4 nitrogen and oxygen atoms in total. The molecule has 0 unspecified atom stereocenters. The molecule has 0 spiro atoms. The van der Waals surface area contributed by atoms with Crippen LogP contribution >= 0.6 is 0 Å². The zero-order chi connectivity index (χ0) is 10.1. The Morgan fingerprint density at radius 1 is 1.62 bits per heavy atom. The maximum atomic E-state index is 11.6. The Kier molecular flexibility index (Phi) is 2.63. The topological polar surface area (TPSA) is 58.6 Å². The first-order valence-electron chi connectivity index (χ1n) is 4.44. The molecule has 0 bridgehead atoms. The van der Waals surface area contributed by atoms with E-state index in [2.05, 4.69) is 5.32 Å². The van der Waals surface area contributed by atoms with Crippen molar-refractivity contribution in [1.82, 2.24) is 5.32 Å². The first-order chi connectivity index (χ1) is 5.96. The first kappa shape index (κ1) is 10.5. The van der Waals surface area contributed by atoms with Crippen molar-refractivity contribution in [3.63, 3.8) is 0 Å². The van der Waals surface area contributed by atoms with Crippen LogP contribution in [-0.4, -0.2) is 35.9 Å². The predicted molar refractivity (Wildman–Crippen MR) is 48.3 cm³/mol. The highest BCUT2D eigenvalue weighted by Gasteiger charge is 2.45. The minimum Gasteiger partial charge on any atom is -0.394 e. The van der Waals surface area contributed by atoms with E-state index in [9.17, 15) is 4.79 Å². The van der Waals surface area contributed by atoms with Crippen LogP contribution in [0.25, 0.3) is 0 Å². The fraction of sp³-hybridized carbons (Fsp3) is 0.889. The van der Waals surface area contributed by atoms with E-state index in [-0.39, 0.29) is 18.1 Å². The van der Waals surface area contributed by atoms with Crippen LogP contribution in [0.15, 0.2) is 0 Å². The maximum absolute atomic E-state index is 11.6. The van der Waals surface area contributed by atoms with Crippen molar-refractivity contribution in [2.24, 2.45) is 0 Å². The minimum absolute atomic E-state index is 0.0124. The normalized spacial score (nSPS) is 19.7. The van der Waals surface area contributed by atoms with Crippen LogP contribution in [0.2, 0.25) is 0 Å². The number of amides is 1. The number of aliphatic hydroxyl groups is 1. The zero-order valence-corrected chi connectivity index (χ0v) is 8.39. The van der Waals surface area contributed by atoms with Gasteiger partial charge in [-0.2, -0.15) is 0 Å². The van der Waals surface area contributed by atoms with Gasteiger partial charge < -0.3 is 15.2 Å². The average Bonchev–Trinajstić information content (AvgIpc) is 2.85. The summed E-state index contributed by atoms with van der Waals surface area (Å²) in [5.41, 5.74) is -1.17. The van der Waals surface area contributed by atoms with E-state index in [4.69, 9.17) is 9.84 Å². The Balaban J connectivity index is 2.50. The number of methoxy groups -OCH3 is 1. The molecule has 0 radical (unpaired) electrons. The van der Waals surface area contributed by atoms with Gasteiger partial charge in [-0.3, -0.25) is 4.79 Å². The van der Waals surface area contributed by atoms with E-state index in [0.717, 1.165) is 12.8 Å². The molecule has 1 amide bonds. The van der Waals surface area contributed by atoms with Crippen molar-refractivity contribution in [2.45, 2.75) is 37.8 Å². The molecule has 0 aromatic rings. The quantitative estimate of drug-likeness (QED) is 0.654. The highest BCUT2D eigenvalue weighted by atomic mass is 16.5. The van der Waals surface area contributed by atoms with E-state index >= 15 is 0 Å². The van der Waals surface area contributed by atoms with E-state index in [1.807, 2.05) is 0 Å². The molecule has 1 aliphatic carbocycles. The summed E-state index contributed by atoms with van der Waals surface area (Å²) in [6, 6.07) is 0. The van der Waals surface area contributed by atoms with Gasteiger partial charge in [0.15, 0.2) is 0 Å². The summed E-state index contributed by atoms with van der Waals surface area (Å²) in [5, 5.41) is 11.8. The second kappa shape index (κ2) is 3.27. The van der Waals surface area contributed by atoms with Gasteiger partial charge in [-0.15, -0.1) is 0 Å². The molecule has 0 atom stereocenters. The van der Waals surface area contributed by atoms with Crippen LogP contribution in [0.4, 0.5) is 0 Å². The van der Waals surface area contributed by atoms with Gasteiger partial charge in [0.25, 0.3) is 5.91 Å². The smallest absolute Gasteiger partial charge is 0.252 e. The lowest BCUT2D eigenvalue weighted by Crippen LogP contribution is -2.50. The van der Waals surface area contributed by atoms with Crippen LogP contribution in [0.3, 0.4) is 0 Å². The van der Waals surface area contributed by atoms with Crippen LogP contribution in [0, 0.1) is 0 Å². The second-order valence-electron chi connectivity index (χ2n) is 4.11. The summed E-state index contributed by atoms with van der Waals surface area (Å²) in [7, 11) is 1.50. The number of nitrogens with one attached hydrogen (secondary N) is 1. The van der Waals surface area contributed by atoms with Crippen LogP contribution in [-0.2, 0) is 9.53 Å². The lowest BCUT2D eigenvalue weighted by molar-refractivity contribution is -0.140. The predicted octanol–water partition coefficient (Wildman–Crippen LogP) is 0.0525. The molecule has 2 N–H and O–H groups in total. The summed E-state index contributed by atoms with van der Waals surface area (Å²) in [5.74, 6) is -0.165. The van der Waals surface area contributed by atoms with Crippen LogP contribution < -0.4 is 5.32 Å². The molecule has 13 heavy (non-hydrogen) atoms. The average molecular weight is 187 g/mol. The minimum atomic E-state index is -0.815. The van der Waals surface area contributed by atoms with Crippen molar-refractivity contribution in [3.05, 3.63) is 0 Å². The Labute approximate surface area is 78.3 Å². The van der Waals surface area contributed by atoms with Crippen molar-refractivity contribution in [3.8, 4) is 0 Å². The van der Waals surface area contributed by atoms with Crippen molar-refractivity contribution in [1.29, 1.82) is 0 Å². The Hall–Kier alpha value is -0.610. The molecule has 0 aromatic carbocycles. The number of hydrogen-bond acceptors (Lipinski definition) is 3. The van der Waals surface area contributed by atoms with E-state index in [1.165, 1.54) is 7.11 Å². The molecule has 1 saturated carbocycles. The molecule has 4 heteroatoms. The first-order valence-corrected chi connectivity index (χ1v) is 4.44. The number of rotatable bonds is 4. The highest BCUT2D eigenvalue weighted by Crippen LogP contribution is 2.35. The third kappa shape index (κ3) is 2.19. The molecule has 0 aliphatic heterocycles. The van der Waals surface area contributed by atoms with E-state index in [1.54, 1.807) is 13.8 Å². The molecule has 0 heterocycles. The third-order valence-corrected chi connectivity index (χ3v) is 2.59. The van der Waals surface area contributed by atoms with Gasteiger partial charge >= 0.3 is 0 Å². The molecule has 1 rings (SSSR count). The van der Waals surface area contributed by atoms with Gasteiger partial charge in [-0.25, -0.2) is 0 Å². The van der Waals surface area contributed by atoms with Gasteiger partial charge in [-0.1, -0.05) is 0 Å². The largest absolute Gasteiger partial charge is 0.394 e. The SMILES string of the molecule is COC(C)(C)C(=O)NC1(CO)CC1. The zero-order valence-electron chi connectivity index (χ0n) is 8.39. The fourth-order valence-electron chi connectivity index (χ4n) is 0.958. The summed E-state index contributed by atoms with van der Waals surface area (Å²) >= 11 is 0. The van der Waals surface area contributed by atoms with Gasteiger partial charge in [0, 0.05) is 7.11 Å². The van der Waals surface area contributed by atoms with Crippen molar-refractivity contribution >= 4 is 5.91 Å². The second-order valence-corrected chi connectivity index (χ2v) is 4.11. The lowest BCUT2D eigenvalue weighted by Gasteiger charge is -2.25. The molecular formula is C9H17NO3. The molecule has 1 fully saturated rings. The number of aliphatic hydroxyl groups excluding tert-OH is 1. The summed E-state index contributed by atoms with van der Waals surface area (Å²) in [6.45, 7) is 3.42. The standard InChI is InChI=1S/C9H17NO3/c1-8(2,13-3)7(12)10-9(6-11)4-5-9/h11H,4-6H2,1-3H3,(H,10,12). The molecular weight excluding hydrogens is 170 g/mol. The van der Waals surface area contributed by atoms with Crippen molar-refractivity contribution < 1.29 is 14.6 Å². The van der Waals surface area contributed by atoms with Gasteiger partial charge in [0.1, 0.15) is 5.60 Å². The fourth-order valence-corrected chi connectivity index (χ4v) is 0.958. The summed E-state index contributed by atoms with van der Waals surface area (Å²) in [6.07, 6.45) is 1.71. The van der Waals surface area contributed by atoms with Gasteiger partial charge in [-0.05, 0) is 26.7 Å². The monoisotopic (exact) mass is 187 g/mol. The molecule has 0 aromatic heterocycles. The molecule has 1 aliphatic rings. The van der Waals surface area contributed by atoms with Crippen molar-refractivity contribution in [2.75, 3.05) is 13.7 Å². The number of carbonyl (C=O) groups is 1. The molecule has 0 saturated heterocycles. The Morgan fingerprint density at radius 2 is 2.15 bits per heavy atom.